The summed E-state index contributed by atoms with van der Waals surface area (Å²) in [7, 11) is 3.71. The van der Waals surface area contributed by atoms with Crippen LogP contribution in [0.15, 0.2) is 65.6 Å². The molecule has 2 heterocycles. The fourth-order valence-electron chi connectivity index (χ4n) is 4.27. The standard InChI is InChI=1S/C28H29ClN4O4S/c1-17(35)31-21-10-6-19(7-11-21)25(16-34)32(2)14-22-12-24-27(38-22)26(36)23(15-33(24)3)28(37)30-13-18-4-8-20(29)9-5-18/h4-12,15,25,34H,13-14,16H2,1-3H3,(H,30,37)(H,31,35). The summed E-state index contributed by atoms with van der Waals surface area (Å²) in [4.78, 5) is 40.3. The maximum atomic E-state index is 13.2. The van der Waals surface area contributed by atoms with Gasteiger partial charge in [-0.3, -0.25) is 19.3 Å². The van der Waals surface area contributed by atoms with Crippen LogP contribution in [-0.4, -0.2) is 40.0 Å². The molecule has 0 aliphatic rings. The van der Waals surface area contributed by atoms with E-state index in [-0.39, 0.29) is 36.1 Å². The molecule has 38 heavy (non-hydrogen) atoms. The summed E-state index contributed by atoms with van der Waals surface area (Å²) in [5.74, 6) is -0.580. The molecule has 198 valence electrons. The summed E-state index contributed by atoms with van der Waals surface area (Å²) in [6.07, 6.45) is 1.56. The van der Waals surface area contributed by atoms with Gasteiger partial charge in [0.2, 0.25) is 11.3 Å². The molecule has 0 fully saturated rings. The van der Waals surface area contributed by atoms with E-state index in [1.165, 1.54) is 18.3 Å². The second kappa shape index (κ2) is 11.9. The maximum Gasteiger partial charge on any atom is 0.257 e. The van der Waals surface area contributed by atoms with Gasteiger partial charge in [0.05, 0.1) is 22.9 Å². The molecule has 4 aromatic rings. The molecule has 2 aromatic heterocycles. The molecule has 1 atom stereocenters. The number of rotatable bonds is 9. The minimum absolute atomic E-state index is 0.0863. The van der Waals surface area contributed by atoms with Gasteiger partial charge in [-0.05, 0) is 48.5 Å². The fraction of sp³-hybridized carbons (Fsp3) is 0.250. The first-order chi connectivity index (χ1) is 18.2. The number of pyridine rings is 1. The number of thiophene rings is 1. The number of benzene rings is 2. The van der Waals surface area contributed by atoms with Crippen LogP contribution in [0.5, 0.6) is 0 Å². The normalized spacial score (nSPS) is 12.1. The van der Waals surface area contributed by atoms with Crippen molar-refractivity contribution >= 4 is 50.7 Å². The predicted molar refractivity (Wildman–Crippen MR) is 152 cm³/mol. The number of aliphatic hydroxyl groups is 1. The van der Waals surface area contributed by atoms with Crippen LogP contribution in [0.3, 0.4) is 0 Å². The SMILES string of the molecule is CC(=O)Nc1ccc(C(CO)N(C)Cc2cc3c(s2)c(=O)c(C(=O)NCc2ccc(Cl)cc2)cn3C)cc1. The smallest absolute Gasteiger partial charge is 0.257 e. The van der Waals surface area contributed by atoms with Gasteiger partial charge in [-0.1, -0.05) is 35.9 Å². The molecular formula is C28H29ClN4O4S. The Labute approximate surface area is 229 Å². The Morgan fingerprint density at radius 2 is 1.82 bits per heavy atom. The van der Waals surface area contributed by atoms with Gasteiger partial charge in [-0.15, -0.1) is 11.3 Å². The van der Waals surface area contributed by atoms with Crippen molar-refractivity contribution in [2.24, 2.45) is 7.05 Å². The highest BCUT2D eigenvalue weighted by atomic mass is 35.5. The lowest BCUT2D eigenvalue weighted by Gasteiger charge is -2.26. The lowest BCUT2D eigenvalue weighted by atomic mass is 10.1. The molecule has 0 radical (unpaired) electrons. The number of likely N-dealkylation sites (N-methyl/N-ethyl adjacent to an activating group) is 1. The van der Waals surface area contributed by atoms with Crippen molar-refractivity contribution in [3.8, 4) is 0 Å². The summed E-state index contributed by atoms with van der Waals surface area (Å²) < 4.78 is 2.30. The first kappa shape index (κ1) is 27.5. The number of nitrogens with one attached hydrogen (secondary N) is 2. The highest BCUT2D eigenvalue weighted by molar-refractivity contribution is 7.19. The number of aryl methyl sites for hydroxylation is 1. The van der Waals surface area contributed by atoms with E-state index < -0.39 is 5.91 Å². The number of aromatic nitrogens is 1. The first-order valence-corrected chi connectivity index (χ1v) is 13.2. The summed E-state index contributed by atoms with van der Waals surface area (Å²) in [6.45, 7) is 2.13. The minimum atomic E-state index is -0.433. The lowest BCUT2D eigenvalue weighted by molar-refractivity contribution is -0.114. The Morgan fingerprint density at radius 3 is 2.45 bits per heavy atom. The number of anilines is 1. The third-order valence-electron chi connectivity index (χ3n) is 6.25. The maximum absolute atomic E-state index is 13.2. The summed E-state index contributed by atoms with van der Waals surface area (Å²) in [5, 5.41) is 16.3. The zero-order valence-electron chi connectivity index (χ0n) is 21.3. The quantitative estimate of drug-likeness (QED) is 0.287. The third kappa shape index (κ3) is 6.31. The van der Waals surface area contributed by atoms with Gasteiger partial charge in [0, 0.05) is 48.8 Å². The van der Waals surface area contributed by atoms with Crippen LogP contribution >= 0.6 is 22.9 Å². The van der Waals surface area contributed by atoms with Gasteiger partial charge in [0.1, 0.15) is 5.56 Å². The molecule has 1 unspecified atom stereocenters. The average Bonchev–Trinajstić information content (AvgIpc) is 3.31. The van der Waals surface area contributed by atoms with Crippen LogP contribution in [0.2, 0.25) is 5.02 Å². The molecule has 0 aliphatic carbocycles. The van der Waals surface area contributed by atoms with Crippen LogP contribution in [-0.2, 0) is 24.9 Å². The molecule has 2 amide bonds. The number of hydrogen-bond donors (Lipinski definition) is 3. The number of nitrogens with zero attached hydrogens (tertiary/aromatic N) is 2. The number of carbonyl (C=O) groups excluding carboxylic acids is 2. The van der Waals surface area contributed by atoms with E-state index >= 15 is 0 Å². The van der Waals surface area contributed by atoms with E-state index in [4.69, 9.17) is 11.6 Å². The van der Waals surface area contributed by atoms with Crippen molar-refractivity contribution in [2.45, 2.75) is 26.1 Å². The fourth-order valence-corrected chi connectivity index (χ4v) is 5.60. The molecule has 2 aromatic carbocycles. The number of halogens is 1. The van der Waals surface area contributed by atoms with E-state index in [1.54, 1.807) is 35.0 Å². The van der Waals surface area contributed by atoms with E-state index in [2.05, 4.69) is 10.6 Å². The van der Waals surface area contributed by atoms with Crippen molar-refractivity contribution < 1.29 is 14.7 Å². The molecule has 0 aliphatic heterocycles. The van der Waals surface area contributed by atoms with Gasteiger partial charge in [-0.2, -0.15) is 0 Å². The minimum Gasteiger partial charge on any atom is -0.394 e. The lowest BCUT2D eigenvalue weighted by Crippen LogP contribution is -2.29. The molecule has 0 saturated heterocycles. The predicted octanol–water partition coefficient (Wildman–Crippen LogP) is 4.31. The summed E-state index contributed by atoms with van der Waals surface area (Å²) in [5.41, 5.74) is 3.00. The van der Waals surface area contributed by atoms with Crippen molar-refractivity contribution in [1.29, 1.82) is 0 Å². The Kier molecular flexibility index (Phi) is 8.63. The van der Waals surface area contributed by atoms with E-state index in [9.17, 15) is 19.5 Å². The van der Waals surface area contributed by atoms with Gasteiger partial charge >= 0.3 is 0 Å². The molecular weight excluding hydrogens is 524 g/mol. The largest absolute Gasteiger partial charge is 0.394 e. The zero-order chi connectivity index (χ0) is 27.4. The Balaban J connectivity index is 1.51. The molecule has 0 spiro atoms. The Morgan fingerprint density at radius 1 is 1.13 bits per heavy atom. The summed E-state index contributed by atoms with van der Waals surface area (Å²) in [6, 6.07) is 16.2. The molecule has 0 bridgehead atoms. The third-order valence-corrected chi connectivity index (χ3v) is 7.61. The second-order valence-electron chi connectivity index (χ2n) is 9.14. The van der Waals surface area contributed by atoms with E-state index in [0.29, 0.717) is 22.0 Å². The number of fused-ring (bicyclic) bond motifs is 1. The van der Waals surface area contributed by atoms with Crippen LogP contribution in [0.1, 0.15) is 39.3 Å². The molecule has 3 N–H and O–H groups in total. The van der Waals surface area contributed by atoms with Gasteiger partial charge < -0.3 is 20.3 Å². The highest BCUT2D eigenvalue weighted by Gasteiger charge is 2.20. The zero-order valence-corrected chi connectivity index (χ0v) is 22.9. The molecule has 8 nitrogen and oxygen atoms in total. The molecule has 4 rings (SSSR count). The van der Waals surface area contributed by atoms with Gasteiger partial charge in [0.15, 0.2) is 0 Å². The van der Waals surface area contributed by atoms with Crippen LogP contribution in [0.25, 0.3) is 10.2 Å². The van der Waals surface area contributed by atoms with Crippen LogP contribution < -0.4 is 16.1 Å². The first-order valence-electron chi connectivity index (χ1n) is 12.0. The molecule has 0 saturated carbocycles. The van der Waals surface area contributed by atoms with Gasteiger partial charge in [-0.25, -0.2) is 0 Å². The average molecular weight is 553 g/mol. The van der Waals surface area contributed by atoms with Crippen molar-refractivity contribution in [1.82, 2.24) is 14.8 Å². The monoisotopic (exact) mass is 552 g/mol. The Hall–Kier alpha value is -3.50. The number of carbonyl (C=O) groups is 2. The van der Waals surface area contributed by atoms with Crippen LogP contribution in [0.4, 0.5) is 5.69 Å². The van der Waals surface area contributed by atoms with E-state index in [1.807, 2.05) is 49.3 Å². The molecule has 10 heteroatoms. The topological polar surface area (TPSA) is 104 Å². The van der Waals surface area contributed by atoms with Crippen molar-refractivity contribution in [3.63, 3.8) is 0 Å². The number of hydrogen-bond acceptors (Lipinski definition) is 6. The summed E-state index contributed by atoms with van der Waals surface area (Å²) >= 11 is 7.26. The van der Waals surface area contributed by atoms with Crippen LogP contribution in [0, 0.1) is 0 Å². The van der Waals surface area contributed by atoms with Gasteiger partial charge in [0.25, 0.3) is 5.91 Å². The van der Waals surface area contributed by atoms with Crippen molar-refractivity contribution in [3.05, 3.63) is 97.6 Å². The number of aliphatic hydroxyl groups excluding tert-OH is 1. The second-order valence-corrected chi connectivity index (χ2v) is 10.7. The van der Waals surface area contributed by atoms with E-state index in [0.717, 1.165) is 21.5 Å². The highest BCUT2D eigenvalue weighted by Crippen LogP contribution is 2.28. The number of amides is 2. The Bertz CT molecular complexity index is 1510. The van der Waals surface area contributed by atoms with Crippen molar-refractivity contribution in [2.75, 3.05) is 19.0 Å².